The van der Waals surface area contributed by atoms with Crippen molar-refractivity contribution in [1.29, 1.82) is 0 Å². The number of carbonyl (C=O) groups is 1. The van der Waals surface area contributed by atoms with Gasteiger partial charge >= 0.3 is 0 Å². The Hall–Kier alpha value is -2.53. The van der Waals surface area contributed by atoms with Crippen LogP contribution in [0.4, 0.5) is 0 Å². The van der Waals surface area contributed by atoms with Crippen LogP contribution in [0.15, 0.2) is 30.3 Å². The van der Waals surface area contributed by atoms with Crippen LogP contribution in [0.5, 0.6) is 17.2 Å². The molecule has 2 heterocycles. The Labute approximate surface area is 166 Å². The highest BCUT2D eigenvalue weighted by atomic mass is 16.7. The third kappa shape index (κ3) is 3.14. The predicted octanol–water partition coefficient (Wildman–Crippen LogP) is 3.93. The molecule has 2 aromatic carbocycles. The number of Topliss-reactive ketones (excluding diaryl/α,β-unsaturated/α-hetero) is 1. The number of ketones is 1. The van der Waals surface area contributed by atoms with E-state index in [0.717, 1.165) is 46.5 Å². The van der Waals surface area contributed by atoms with Crippen molar-refractivity contribution in [2.24, 2.45) is 0 Å². The first-order chi connectivity index (χ1) is 13.4. The molecule has 0 saturated carbocycles. The zero-order chi connectivity index (χ0) is 19.9. The second kappa shape index (κ2) is 7.13. The van der Waals surface area contributed by atoms with Crippen LogP contribution in [0, 0.1) is 0 Å². The molecule has 0 saturated heterocycles. The van der Waals surface area contributed by atoms with Gasteiger partial charge in [0.25, 0.3) is 0 Å². The van der Waals surface area contributed by atoms with E-state index in [-0.39, 0.29) is 18.6 Å². The van der Waals surface area contributed by atoms with Crippen LogP contribution < -0.4 is 14.2 Å². The summed E-state index contributed by atoms with van der Waals surface area (Å²) < 4.78 is 17.8. The lowest BCUT2D eigenvalue weighted by Crippen LogP contribution is -2.48. The number of ether oxygens (including phenoxy) is 3. The van der Waals surface area contributed by atoms with E-state index in [4.69, 9.17) is 14.2 Å². The average molecular weight is 382 g/mol. The van der Waals surface area contributed by atoms with Gasteiger partial charge in [-0.15, -0.1) is 0 Å². The van der Waals surface area contributed by atoms with Crippen molar-refractivity contribution in [3.63, 3.8) is 0 Å². The van der Waals surface area contributed by atoms with Crippen molar-refractivity contribution in [3.05, 3.63) is 52.6 Å². The smallest absolute Gasteiger partial charge is 0.231 e. The third-order valence-corrected chi connectivity index (χ3v) is 6.15. The van der Waals surface area contributed by atoms with Crippen molar-refractivity contribution >= 4 is 5.78 Å². The fourth-order valence-electron chi connectivity index (χ4n) is 4.34. The third-order valence-electron chi connectivity index (χ3n) is 6.15. The Kier molecular flexibility index (Phi) is 4.79. The molecule has 2 aliphatic rings. The molecule has 0 N–H and O–H groups in total. The summed E-state index contributed by atoms with van der Waals surface area (Å²) in [6.07, 6.45) is 2.32. The number of fused-ring (bicyclic) bond motifs is 2. The number of carbonyl (C=O) groups excluding carboxylic acids is 1. The maximum absolute atomic E-state index is 13.1. The number of methoxy groups -OCH3 is 1. The van der Waals surface area contributed by atoms with Crippen molar-refractivity contribution < 1.29 is 23.5 Å². The van der Waals surface area contributed by atoms with Crippen molar-refractivity contribution in [2.75, 3.05) is 34.5 Å². The van der Waals surface area contributed by atoms with Gasteiger partial charge in [-0.1, -0.05) is 31.2 Å². The van der Waals surface area contributed by atoms with Crippen molar-refractivity contribution in [2.45, 2.75) is 32.2 Å². The summed E-state index contributed by atoms with van der Waals surface area (Å²) >= 11 is 0. The molecule has 148 valence electrons. The van der Waals surface area contributed by atoms with E-state index in [9.17, 15) is 4.79 Å². The molecule has 2 aliphatic heterocycles. The molecule has 0 unspecified atom stereocenters. The molecule has 5 nitrogen and oxygen atoms in total. The maximum atomic E-state index is 13.1. The van der Waals surface area contributed by atoms with E-state index in [1.54, 1.807) is 7.11 Å². The molecule has 1 atom stereocenters. The first-order valence-corrected chi connectivity index (χ1v) is 9.88. The topological polar surface area (TPSA) is 44.8 Å². The van der Waals surface area contributed by atoms with Crippen LogP contribution in [-0.2, 0) is 12.8 Å². The fourth-order valence-corrected chi connectivity index (χ4v) is 4.34. The first kappa shape index (κ1) is 18.8. The van der Waals surface area contributed by atoms with Crippen LogP contribution in [0.1, 0.15) is 46.4 Å². The van der Waals surface area contributed by atoms with Crippen molar-refractivity contribution in [3.8, 4) is 17.2 Å². The standard InChI is InChI=1S/C23H28NO4/c1-5-15-6-8-16(9-7-15)19(25)13-18-21-17(10-11-24(18,2)3)12-20-22(23(21)26-4)28-14-27-20/h6-9,12,18H,5,10-11,13-14H2,1-4H3/q+1/t18-/m1/s1. The molecule has 0 radical (unpaired) electrons. The number of likely N-dealkylation sites (N-methyl/N-ethyl adjacent to an activating group) is 1. The number of nitrogens with zero attached hydrogens (tertiary/aromatic N) is 1. The van der Waals surface area contributed by atoms with Gasteiger partial charge in [-0.25, -0.2) is 0 Å². The van der Waals surface area contributed by atoms with Crippen LogP contribution in [-0.4, -0.2) is 44.8 Å². The zero-order valence-corrected chi connectivity index (χ0v) is 17.1. The van der Waals surface area contributed by atoms with Gasteiger partial charge in [0.1, 0.15) is 6.04 Å². The van der Waals surface area contributed by atoms with Crippen LogP contribution >= 0.6 is 0 Å². The zero-order valence-electron chi connectivity index (χ0n) is 17.1. The van der Waals surface area contributed by atoms with Gasteiger partial charge < -0.3 is 18.7 Å². The SMILES string of the molecule is CCc1ccc(C(=O)C[C@@H]2c3c(cc4c(c3OC)OCO4)CC[N+]2(C)C)cc1. The van der Waals surface area contributed by atoms with Gasteiger partial charge in [0.15, 0.2) is 17.3 Å². The lowest BCUT2D eigenvalue weighted by Gasteiger charge is -2.43. The monoisotopic (exact) mass is 382 g/mol. The van der Waals surface area contributed by atoms with E-state index >= 15 is 0 Å². The molecule has 0 bridgehead atoms. The summed E-state index contributed by atoms with van der Waals surface area (Å²) in [6, 6.07) is 10.0. The van der Waals surface area contributed by atoms with E-state index in [2.05, 4.69) is 27.1 Å². The molecule has 0 aromatic heterocycles. The number of aryl methyl sites for hydroxylation is 1. The van der Waals surface area contributed by atoms with Gasteiger partial charge in [-0.05, 0) is 23.6 Å². The molecular formula is C23H28NO4+. The minimum absolute atomic E-state index is 0.00607. The minimum atomic E-state index is 0.00607. The van der Waals surface area contributed by atoms with Gasteiger partial charge in [-0.3, -0.25) is 4.79 Å². The summed E-state index contributed by atoms with van der Waals surface area (Å²) in [5, 5.41) is 0. The first-order valence-electron chi connectivity index (χ1n) is 9.88. The summed E-state index contributed by atoms with van der Waals surface area (Å²) in [7, 11) is 6.03. The molecule has 4 rings (SSSR count). The van der Waals surface area contributed by atoms with E-state index < -0.39 is 0 Å². The number of hydrogen-bond donors (Lipinski definition) is 0. The van der Waals surface area contributed by atoms with Gasteiger partial charge in [0, 0.05) is 12.0 Å². The molecule has 0 aliphatic carbocycles. The van der Waals surface area contributed by atoms with Gasteiger partial charge in [-0.2, -0.15) is 0 Å². The van der Waals surface area contributed by atoms with Crippen LogP contribution in [0.25, 0.3) is 0 Å². The maximum Gasteiger partial charge on any atom is 0.231 e. The quantitative estimate of drug-likeness (QED) is 0.581. The van der Waals surface area contributed by atoms with Crippen LogP contribution in [0.2, 0.25) is 0 Å². The average Bonchev–Trinajstić information content (AvgIpc) is 3.16. The molecule has 5 heteroatoms. The number of hydrogen-bond acceptors (Lipinski definition) is 4. The number of benzene rings is 2. The molecule has 0 amide bonds. The van der Waals surface area contributed by atoms with E-state index in [1.807, 2.05) is 24.3 Å². The lowest BCUT2D eigenvalue weighted by atomic mass is 9.86. The summed E-state index contributed by atoms with van der Waals surface area (Å²) in [5.41, 5.74) is 4.29. The summed E-state index contributed by atoms with van der Waals surface area (Å²) in [4.78, 5) is 13.1. The number of rotatable bonds is 5. The van der Waals surface area contributed by atoms with Gasteiger partial charge in [0.05, 0.1) is 39.7 Å². The Morgan fingerprint density at radius 2 is 1.96 bits per heavy atom. The Morgan fingerprint density at radius 1 is 1.21 bits per heavy atom. The normalized spacial score (nSPS) is 19.2. The minimum Gasteiger partial charge on any atom is -0.492 e. The van der Waals surface area contributed by atoms with Crippen LogP contribution in [0.3, 0.4) is 0 Å². The molecular weight excluding hydrogens is 354 g/mol. The highest BCUT2D eigenvalue weighted by Gasteiger charge is 2.42. The van der Waals surface area contributed by atoms with E-state index in [0.29, 0.717) is 12.2 Å². The fraction of sp³-hybridized carbons (Fsp3) is 0.435. The second-order valence-corrected chi connectivity index (χ2v) is 8.16. The number of quaternary nitrogens is 1. The highest BCUT2D eigenvalue weighted by Crippen LogP contribution is 2.51. The Bertz CT molecular complexity index is 902. The summed E-state index contributed by atoms with van der Waals surface area (Å²) in [5.74, 6) is 2.28. The molecule has 0 spiro atoms. The Morgan fingerprint density at radius 3 is 2.64 bits per heavy atom. The lowest BCUT2D eigenvalue weighted by molar-refractivity contribution is -0.922. The summed E-state index contributed by atoms with van der Waals surface area (Å²) in [6.45, 7) is 3.29. The predicted molar refractivity (Wildman–Crippen MR) is 107 cm³/mol. The molecule has 0 fully saturated rings. The van der Waals surface area contributed by atoms with E-state index in [1.165, 1.54) is 11.1 Å². The second-order valence-electron chi connectivity index (χ2n) is 8.16. The largest absolute Gasteiger partial charge is 0.492 e. The van der Waals surface area contributed by atoms with Crippen molar-refractivity contribution in [1.82, 2.24) is 0 Å². The molecule has 28 heavy (non-hydrogen) atoms. The highest BCUT2D eigenvalue weighted by molar-refractivity contribution is 5.96. The molecule has 2 aromatic rings. The van der Waals surface area contributed by atoms with Gasteiger partial charge in [0.2, 0.25) is 12.5 Å². The Balaban J connectivity index is 1.73.